The molecule has 3 rings (SSSR count). The molecule has 0 aromatic heterocycles. The van der Waals surface area contributed by atoms with Crippen LogP contribution in [0.3, 0.4) is 0 Å². The first-order chi connectivity index (χ1) is 11.8. The van der Waals surface area contributed by atoms with E-state index >= 15 is 0 Å². The zero-order valence-corrected chi connectivity index (χ0v) is 13.6. The number of hydrogen-bond donors (Lipinski definition) is 0. The third kappa shape index (κ3) is 2.82. The minimum atomic E-state index is -1.22. The van der Waals surface area contributed by atoms with Crippen molar-refractivity contribution in [1.82, 2.24) is 0 Å². The first-order valence-corrected chi connectivity index (χ1v) is 7.41. The molecule has 1 aromatic carbocycles. The Morgan fingerprint density at radius 1 is 1.32 bits per heavy atom. The summed E-state index contributed by atoms with van der Waals surface area (Å²) in [4.78, 5) is 26.2. The molecule has 134 valence electrons. The average Bonchev–Trinajstić information content (AvgIpc) is 2.54. The molecule has 2 aliphatic rings. The summed E-state index contributed by atoms with van der Waals surface area (Å²) in [6.07, 6.45) is -2.48. The maximum Gasteiger partial charge on any atom is 0.414 e. The molecule has 11 heteroatoms. The number of oxime groups is 1. The largest absolute Gasteiger partial charge is 0.493 e. The number of nitrogens with zero attached hydrogens (tertiary/aromatic N) is 3. The standard InChI is InChI=1S/C14H15N3O8/c1-6(2)23-12-7-4-10-13(17(20)21)15-25-14(24-10)11(7)8(16(18)19)5-9(12)22-3/h5-6,10,14H,4H2,1-3H3/t10-,14-/m1/s1. The highest BCUT2D eigenvalue weighted by Gasteiger charge is 2.48. The van der Waals surface area contributed by atoms with E-state index in [-0.39, 0.29) is 35.3 Å². The van der Waals surface area contributed by atoms with Gasteiger partial charge in [0.15, 0.2) is 22.8 Å². The first-order valence-electron chi connectivity index (χ1n) is 7.41. The number of amidine groups is 1. The van der Waals surface area contributed by atoms with Gasteiger partial charge in [-0.05, 0) is 18.8 Å². The van der Waals surface area contributed by atoms with E-state index in [0.717, 1.165) is 0 Å². The predicted molar refractivity (Wildman–Crippen MR) is 82.2 cm³/mol. The van der Waals surface area contributed by atoms with Crippen LogP contribution < -0.4 is 9.47 Å². The Labute approximate surface area is 141 Å². The Morgan fingerprint density at radius 2 is 2.04 bits per heavy atom. The zero-order valence-electron chi connectivity index (χ0n) is 13.6. The third-order valence-corrected chi connectivity index (χ3v) is 3.77. The van der Waals surface area contributed by atoms with E-state index in [4.69, 9.17) is 19.0 Å². The number of rotatable bonds is 4. The third-order valence-electron chi connectivity index (χ3n) is 3.77. The van der Waals surface area contributed by atoms with Crippen LogP contribution in [-0.2, 0) is 16.0 Å². The van der Waals surface area contributed by atoms with Gasteiger partial charge in [-0.1, -0.05) is 0 Å². The molecular formula is C14H15N3O8. The Bertz CT molecular complexity index is 776. The fourth-order valence-corrected chi connectivity index (χ4v) is 2.82. The van der Waals surface area contributed by atoms with Crippen molar-refractivity contribution in [1.29, 1.82) is 0 Å². The molecule has 0 saturated carbocycles. The van der Waals surface area contributed by atoms with E-state index < -0.39 is 28.1 Å². The molecule has 2 atom stereocenters. The highest BCUT2D eigenvalue weighted by Crippen LogP contribution is 2.48. The van der Waals surface area contributed by atoms with Gasteiger partial charge >= 0.3 is 5.84 Å². The van der Waals surface area contributed by atoms with Gasteiger partial charge in [0, 0.05) is 12.0 Å². The highest BCUT2D eigenvalue weighted by molar-refractivity contribution is 5.80. The second-order valence-electron chi connectivity index (χ2n) is 5.72. The Morgan fingerprint density at radius 3 is 2.60 bits per heavy atom. The fraction of sp³-hybridized carbons (Fsp3) is 0.500. The van der Waals surface area contributed by atoms with E-state index in [1.54, 1.807) is 13.8 Å². The molecule has 0 amide bonds. The van der Waals surface area contributed by atoms with Crippen LogP contribution in [0.1, 0.15) is 31.3 Å². The summed E-state index contributed by atoms with van der Waals surface area (Å²) in [6.45, 7) is 3.57. The van der Waals surface area contributed by atoms with E-state index in [9.17, 15) is 20.2 Å². The second-order valence-corrected chi connectivity index (χ2v) is 5.72. The van der Waals surface area contributed by atoms with Gasteiger partial charge in [-0.3, -0.25) is 15.0 Å². The van der Waals surface area contributed by atoms with Crippen LogP contribution in [0.4, 0.5) is 5.69 Å². The highest BCUT2D eigenvalue weighted by atomic mass is 16.8. The van der Waals surface area contributed by atoms with Crippen LogP contribution in [0.25, 0.3) is 0 Å². The van der Waals surface area contributed by atoms with Gasteiger partial charge < -0.3 is 24.3 Å². The maximum atomic E-state index is 11.5. The second kappa shape index (κ2) is 6.16. The predicted octanol–water partition coefficient (Wildman–Crippen LogP) is 1.95. The lowest BCUT2D eigenvalue weighted by Gasteiger charge is -2.31. The van der Waals surface area contributed by atoms with Crippen molar-refractivity contribution in [2.75, 3.05) is 7.11 Å². The topological polar surface area (TPSA) is 136 Å². The molecule has 0 fully saturated rings. The number of hydrogen-bond acceptors (Lipinski definition) is 9. The number of methoxy groups -OCH3 is 1. The molecule has 0 spiro atoms. The van der Waals surface area contributed by atoms with E-state index in [1.165, 1.54) is 13.2 Å². The van der Waals surface area contributed by atoms with Crippen LogP contribution >= 0.6 is 0 Å². The summed E-state index contributed by atoms with van der Waals surface area (Å²) in [5, 5.41) is 26.0. The van der Waals surface area contributed by atoms with Crippen LogP contribution in [-0.4, -0.2) is 35.0 Å². The molecule has 2 bridgehead atoms. The minimum absolute atomic E-state index is 0.0187. The fourth-order valence-electron chi connectivity index (χ4n) is 2.82. The van der Waals surface area contributed by atoms with E-state index in [1.807, 2.05) is 0 Å². The van der Waals surface area contributed by atoms with Gasteiger partial charge in [-0.2, -0.15) is 0 Å². The Hall–Kier alpha value is -2.95. The van der Waals surface area contributed by atoms with Crippen molar-refractivity contribution in [2.45, 2.75) is 38.8 Å². The lowest BCUT2D eigenvalue weighted by atomic mass is 9.93. The Kier molecular flexibility index (Phi) is 4.17. The summed E-state index contributed by atoms with van der Waals surface area (Å²) in [5.41, 5.74) is 0.227. The molecule has 11 nitrogen and oxygen atoms in total. The SMILES string of the molecule is COc1cc([N+](=O)[O-])c2c(c1OC(C)C)C[C@H]1O[C@@H]2ON=C1[N+](=O)[O-]. The maximum absolute atomic E-state index is 11.5. The molecule has 2 aliphatic heterocycles. The quantitative estimate of drug-likeness (QED) is 0.592. The summed E-state index contributed by atoms with van der Waals surface area (Å²) in [5.74, 6) is -0.0498. The van der Waals surface area contributed by atoms with Crippen molar-refractivity contribution < 1.29 is 28.9 Å². The van der Waals surface area contributed by atoms with Crippen molar-refractivity contribution in [3.8, 4) is 11.5 Å². The van der Waals surface area contributed by atoms with E-state index in [2.05, 4.69) is 5.16 Å². The molecule has 0 aliphatic carbocycles. The van der Waals surface area contributed by atoms with Crippen molar-refractivity contribution >= 4 is 11.5 Å². The molecule has 0 saturated heterocycles. The van der Waals surface area contributed by atoms with Gasteiger partial charge in [-0.15, -0.1) is 0 Å². The van der Waals surface area contributed by atoms with Crippen LogP contribution in [0.2, 0.25) is 0 Å². The first kappa shape index (κ1) is 16.9. The Balaban J connectivity index is 2.21. The van der Waals surface area contributed by atoms with Gasteiger partial charge in [0.05, 0.1) is 24.2 Å². The smallest absolute Gasteiger partial charge is 0.414 e. The molecule has 0 unspecified atom stereocenters. The monoisotopic (exact) mass is 353 g/mol. The summed E-state index contributed by atoms with van der Waals surface area (Å²) in [7, 11) is 1.36. The van der Waals surface area contributed by atoms with Crippen molar-refractivity contribution in [3.63, 3.8) is 0 Å². The molecule has 2 heterocycles. The van der Waals surface area contributed by atoms with Gasteiger partial charge in [0.25, 0.3) is 12.0 Å². The number of nitro benzene ring substituents is 1. The van der Waals surface area contributed by atoms with Gasteiger partial charge in [-0.25, -0.2) is 0 Å². The summed E-state index contributed by atoms with van der Waals surface area (Å²) >= 11 is 0. The van der Waals surface area contributed by atoms with Crippen LogP contribution in [0.15, 0.2) is 11.2 Å². The van der Waals surface area contributed by atoms with Crippen LogP contribution in [0.5, 0.6) is 11.5 Å². The van der Waals surface area contributed by atoms with Crippen molar-refractivity contribution in [3.05, 3.63) is 37.4 Å². The number of benzene rings is 1. The van der Waals surface area contributed by atoms with Gasteiger partial charge in [0.1, 0.15) is 5.56 Å². The minimum Gasteiger partial charge on any atom is -0.493 e. The zero-order chi connectivity index (χ0) is 18.3. The number of ether oxygens (including phenoxy) is 3. The number of fused-ring (bicyclic) bond motifs is 4. The molecule has 0 N–H and O–H groups in total. The molecular weight excluding hydrogens is 338 g/mol. The van der Waals surface area contributed by atoms with Gasteiger partial charge in [0.2, 0.25) is 0 Å². The molecule has 1 aromatic rings. The average molecular weight is 353 g/mol. The van der Waals surface area contributed by atoms with Crippen molar-refractivity contribution in [2.24, 2.45) is 5.16 Å². The number of nitro groups is 2. The summed E-state index contributed by atoms with van der Waals surface area (Å²) < 4.78 is 16.4. The summed E-state index contributed by atoms with van der Waals surface area (Å²) in [6, 6.07) is 1.22. The molecule has 0 radical (unpaired) electrons. The normalized spacial score (nSPS) is 21.0. The lowest BCUT2D eigenvalue weighted by Crippen LogP contribution is -2.41. The lowest BCUT2D eigenvalue weighted by molar-refractivity contribution is -0.391. The molecule has 25 heavy (non-hydrogen) atoms. The van der Waals surface area contributed by atoms with E-state index in [0.29, 0.717) is 5.56 Å². The van der Waals surface area contributed by atoms with Crippen LogP contribution in [0, 0.1) is 20.2 Å².